The average Bonchev–Trinajstić information content (AvgIpc) is 2.29. The van der Waals surface area contributed by atoms with Crippen LogP contribution in [0.3, 0.4) is 0 Å². The van der Waals surface area contributed by atoms with Crippen molar-refractivity contribution < 1.29 is 4.74 Å². The van der Waals surface area contributed by atoms with Crippen LogP contribution < -0.4 is 10.6 Å². The zero-order valence-electron chi connectivity index (χ0n) is 11.4. The van der Waals surface area contributed by atoms with Gasteiger partial charge in [0.15, 0.2) is 0 Å². The molecule has 0 radical (unpaired) electrons. The lowest BCUT2D eigenvalue weighted by Gasteiger charge is -2.27. The summed E-state index contributed by atoms with van der Waals surface area (Å²) in [6, 6.07) is 1.88. The van der Waals surface area contributed by atoms with Gasteiger partial charge in [0.1, 0.15) is 11.5 Å². The fourth-order valence-electron chi connectivity index (χ4n) is 1.80. The number of hydrogen-bond acceptors (Lipinski definition) is 5. The first-order valence-electron chi connectivity index (χ1n) is 5.95. The van der Waals surface area contributed by atoms with Gasteiger partial charge in [0.25, 0.3) is 0 Å². The first-order valence-corrected chi connectivity index (χ1v) is 5.95. The molecule has 18 heavy (non-hydrogen) atoms. The van der Waals surface area contributed by atoms with Crippen LogP contribution in [0, 0.1) is 12.3 Å². The van der Waals surface area contributed by atoms with E-state index in [9.17, 15) is 0 Å². The zero-order chi connectivity index (χ0) is 13.7. The van der Waals surface area contributed by atoms with Gasteiger partial charge in [-0.3, -0.25) is 5.41 Å². The summed E-state index contributed by atoms with van der Waals surface area (Å²) in [4.78, 5) is 10.7. The second kappa shape index (κ2) is 6.30. The van der Waals surface area contributed by atoms with E-state index >= 15 is 0 Å². The number of hydrogen-bond donors (Lipinski definition) is 2. The minimum atomic E-state index is -0.0443. The molecule has 1 heterocycles. The molecule has 3 N–H and O–H groups in total. The van der Waals surface area contributed by atoms with E-state index < -0.39 is 0 Å². The van der Waals surface area contributed by atoms with Gasteiger partial charge in [-0.25, -0.2) is 9.97 Å². The highest BCUT2D eigenvalue weighted by Gasteiger charge is 2.16. The molecule has 100 valence electrons. The average molecular weight is 251 g/mol. The number of ether oxygens (including phenoxy) is 1. The van der Waals surface area contributed by atoms with Crippen LogP contribution in [0.4, 0.5) is 5.95 Å². The summed E-state index contributed by atoms with van der Waals surface area (Å²) in [5.74, 6) is 0.546. The maximum absolute atomic E-state index is 7.46. The van der Waals surface area contributed by atoms with E-state index in [0.717, 1.165) is 12.2 Å². The monoisotopic (exact) mass is 251 g/mol. The van der Waals surface area contributed by atoms with E-state index in [4.69, 9.17) is 15.9 Å². The van der Waals surface area contributed by atoms with Gasteiger partial charge in [-0.15, -0.1) is 0 Å². The number of likely N-dealkylation sites (N-methyl/N-ethyl adjacent to an activating group) is 1. The summed E-state index contributed by atoms with van der Waals surface area (Å²) in [6.45, 7) is 7.32. The summed E-state index contributed by atoms with van der Waals surface area (Å²) >= 11 is 0. The second-order valence-corrected chi connectivity index (χ2v) is 4.20. The second-order valence-electron chi connectivity index (χ2n) is 4.20. The topological polar surface area (TPSA) is 88.1 Å². The molecule has 0 aliphatic carbocycles. The van der Waals surface area contributed by atoms with E-state index in [1.807, 2.05) is 25.7 Å². The molecule has 0 bridgehead atoms. The van der Waals surface area contributed by atoms with Gasteiger partial charge in [-0.05, 0) is 26.8 Å². The van der Waals surface area contributed by atoms with Crippen molar-refractivity contribution in [2.45, 2.75) is 26.8 Å². The fourth-order valence-corrected chi connectivity index (χ4v) is 1.80. The molecule has 0 aromatic carbocycles. The third-order valence-corrected chi connectivity index (χ3v) is 2.66. The van der Waals surface area contributed by atoms with Crippen molar-refractivity contribution in [3.05, 3.63) is 17.5 Å². The molecule has 0 saturated carbocycles. The van der Waals surface area contributed by atoms with Crippen LogP contribution in [-0.4, -0.2) is 42.1 Å². The van der Waals surface area contributed by atoms with Crippen molar-refractivity contribution in [3.8, 4) is 0 Å². The molecule has 1 rings (SSSR count). The van der Waals surface area contributed by atoms with Crippen molar-refractivity contribution in [2.24, 2.45) is 5.73 Å². The number of nitrogens with zero attached hydrogens (tertiary/aromatic N) is 3. The van der Waals surface area contributed by atoms with Crippen LogP contribution in [0.1, 0.15) is 25.2 Å². The van der Waals surface area contributed by atoms with E-state index in [1.54, 1.807) is 13.2 Å². The Morgan fingerprint density at radius 2 is 2.22 bits per heavy atom. The zero-order valence-corrected chi connectivity index (χ0v) is 11.4. The normalized spacial score (nSPS) is 12.2. The lowest BCUT2D eigenvalue weighted by Crippen LogP contribution is -2.37. The number of nitrogen functional groups attached to an aromatic ring is 1. The molecule has 0 saturated heterocycles. The molecule has 6 nitrogen and oxygen atoms in total. The molecular weight excluding hydrogens is 230 g/mol. The molecular formula is C12H21N5O. The molecule has 0 spiro atoms. The van der Waals surface area contributed by atoms with Gasteiger partial charge in [0.2, 0.25) is 5.95 Å². The van der Waals surface area contributed by atoms with Crippen LogP contribution in [0.25, 0.3) is 0 Å². The van der Waals surface area contributed by atoms with Crippen LogP contribution in [0.5, 0.6) is 0 Å². The molecule has 1 aromatic rings. The Morgan fingerprint density at radius 1 is 1.56 bits per heavy atom. The van der Waals surface area contributed by atoms with Gasteiger partial charge >= 0.3 is 0 Å². The Balaban J connectivity index is 3.09. The Kier molecular flexibility index (Phi) is 5.03. The predicted octanol–water partition coefficient (Wildman–Crippen LogP) is 0.930. The van der Waals surface area contributed by atoms with Crippen LogP contribution in [-0.2, 0) is 4.74 Å². The van der Waals surface area contributed by atoms with Crippen molar-refractivity contribution >= 4 is 11.8 Å². The van der Waals surface area contributed by atoms with Gasteiger partial charge in [0.05, 0.1) is 12.6 Å². The minimum Gasteiger partial charge on any atom is -0.383 e. The molecule has 1 aromatic heterocycles. The third-order valence-electron chi connectivity index (χ3n) is 2.66. The molecule has 0 aliphatic rings. The van der Waals surface area contributed by atoms with Crippen molar-refractivity contribution in [3.63, 3.8) is 0 Å². The highest BCUT2D eigenvalue weighted by molar-refractivity contribution is 5.93. The quantitative estimate of drug-likeness (QED) is 0.580. The summed E-state index contributed by atoms with van der Waals surface area (Å²) in [7, 11) is 1.67. The third kappa shape index (κ3) is 3.40. The van der Waals surface area contributed by atoms with E-state index in [1.165, 1.54) is 0 Å². The number of rotatable bonds is 6. The van der Waals surface area contributed by atoms with Crippen molar-refractivity contribution in [1.82, 2.24) is 9.97 Å². The molecule has 1 unspecified atom stereocenters. The lowest BCUT2D eigenvalue weighted by atomic mass is 10.3. The van der Waals surface area contributed by atoms with E-state index in [2.05, 4.69) is 9.97 Å². The largest absolute Gasteiger partial charge is 0.383 e. The van der Waals surface area contributed by atoms with Crippen LogP contribution in [0.15, 0.2) is 6.07 Å². The van der Waals surface area contributed by atoms with Crippen molar-refractivity contribution in [2.75, 3.05) is 25.2 Å². The Bertz CT molecular complexity index is 421. The summed E-state index contributed by atoms with van der Waals surface area (Å²) in [5.41, 5.74) is 6.74. The maximum Gasteiger partial charge on any atom is 0.226 e. The van der Waals surface area contributed by atoms with Gasteiger partial charge in [-0.2, -0.15) is 0 Å². The smallest absolute Gasteiger partial charge is 0.226 e. The molecule has 6 heteroatoms. The predicted molar refractivity (Wildman–Crippen MR) is 72.1 cm³/mol. The standard InChI is InChI=1S/C12H21N5O/c1-5-17(9(3)7-18-4)12-15-8(2)6-10(16-12)11(13)14/h6,9H,5,7H2,1-4H3,(H3,13,14). The van der Waals surface area contributed by atoms with E-state index in [-0.39, 0.29) is 11.9 Å². The number of methoxy groups -OCH3 is 1. The number of aryl methyl sites for hydroxylation is 1. The first-order chi connectivity index (χ1) is 8.49. The van der Waals surface area contributed by atoms with Gasteiger partial charge in [0, 0.05) is 19.3 Å². The Morgan fingerprint density at radius 3 is 2.72 bits per heavy atom. The summed E-state index contributed by atoms with van der Waals surface area (Å²) in [6.07, 6.45) is 0. The number of nitrogens with one attached hydrogen (secondary N) is 1. The van der Waals surface area contributed by atoms with E-state index in [0.29, 0.717) is 18.2 Å². The van der Waals surface area contributed by atoms with Crippen molar-refractivity contribution in [1.29, 1.82) is 5.41 Å². The maximum atomic E-state index is 7.46. The first kappa shape index (κ1) is 14.4. The number of nitrogens with two attached hydrogens (primary N) is 1. The molecule has 0 fully saturated rings. The van der Waals surface area contributed by atoms with Gasteiger partial charge < -0.3 is 15.4 Å². The van der Waals surface area contributed by atoms with Gasteiger partial charge in [-0.1, -0.05) is 0 Å². The molecule has 0 amide bonds. The Hall–Kier alpha value is -1.69. The fraction of sp³-hybridized carbons (Fsp3) is 0.583. The molecule has 1 atom stereocenters. The summed E-state index contributed by atoms with van der Waals surface area (Å²) in [5, 5.41) is 7.46. The Labute approximate surface area is 108 Å². The summed E-state index contributed by atoms with van der Waals surface area (Å²) < 4.78 is 5.15. The highest BCUT2D eigenvalue weighted by atomic mass is 16.5. The number of aromatic nitrogens is 2. The SMILES string of the molecule is CCN(c1nc(C)cc(C(=N)N)n1)C(C)COC. The van der Waals surface area contributed by atoms with Crippen LogP contribution >= 0.6 is 0 Å². The van der Waals surface area contributed by atoms with Crippen LogP contribution in [0.2, 0.25) is 0 Å². The number of anilines is 1. The highest BCUT2D eigenvalue weighted by Crippen LogP contribution is 2.13. The number of amidine groups is 1. The minimum absolute atomic E-state index is 0.0443. The molecule has 0 aliphatic heterocycles. The lowest BCUT2D eigenvalue weighted by molar-refractivity contribution is 0.181.